The van der Waals surface area contributed by atoms with E-state index < -0.39 is 0 Å². The zero-order valence-corrected chi connectivity index (χ0v) is 84.6. The number of pyridine rings is 5. The van der Waals surface area contributed by atoms with Crippen molar-refractivity contribution in [3.05, 3.63) is 393 Å². The number of thioether (sulfide) groups is 5. The van der Waals surface area contributed by atoms with Gasteiger partial charge in [0.15, 0.2) is 29.1 Å². The molecule has 750 valence electrons. The molecule has 0 aliphatic rings. The fourth-order valence-electron chi connectivity index (χ4n) is 12.9. The number of rotatable bonds is 35. The Labute approximate surface area is 884 Å². The van der Waals surface area contributed by atoms with Crippen molar-refractivity contribution in [3.63, 3.8) is 0 Å². The lowest BCUT2D eigenvalue weighted by molar-refractivity contribution is -0.114. The Bertz CT molecular complexity index is 6640. The number of hydrogen-bond acceptors (Lipinski definition) is 30. The van der Waals surface area contributed by atoms with Gasteiger partial charge < -0.3 is 50.3 Å². The largest absolute Gasteiger partial charge is 0.457 e. The molecular weight excluding hydrogens is 2020 g/mol. The molecule has 10 aromatic heterocycles. The van der Waals surface area contributed by atoms with Gasteiger partial charge >= 0.3 is 0 Å². The van der Waals surface area contributed by atoms with E-state index in [0.29, 0.717) is 129 Å². The number of aryl methyl sites for hydroxylation is 3. The third kappa shape index (κ3) is 34.1. The van der Waals surface area contributed by atoms with Gasteiger partial charge in [-0.2, -0.15) is 0 Å². The minimum absolute atomic E-state index is 0.139. The van der Waals surface area contributed by atoms with Crippen LogP contribution in [0.2, 0.25) is 5.02 Å². The number of halogens is 2. The molecule has 0 atom stereocenters. The quantitative estimate of drug-likeness (QED) is 0.0165. The lowest BCUT2D eigenvalue weighted by Gasteiger charge is -2.08. The highest BCUT2D eigenvalue weighted by molar-refractivity contribution is 8.00. The molecule has 5 amide bonds. The maximum absolute atomic E-state index is 12.9. The SMILES string of the molecule is Cc1ccc(Oc2ccc(NC(=O)CSc3n[nH]c(-c4cccnc4)n3)cc2)cc1.Cc1ccc(Oc2ccc(NC(=O)CSc3n[nH]c(-c4cccnc4)n3)cc2)cc1.Cc1ccc(Oc2ccc(NC(=O)CSc3n[nH]c(-c4cccnc4)n3)cc2)cc1.O=C(CSc1n[nH]c(-c2cccnc2)n1)Nc1ccc(Oc2ccc(Cl)cc2)cc1.O=C(CSc1n[nH]c(-c2cccnc2)n1)Nc1ccc(Oc2ccc(F)cc2)cc1. The van der Waals surface area contributed by atoms with Crippen molar-refractivity contribution in [2.75, 3.05) is 55.3 Å². The first-order valence-corrected chi connectivity index (χ1v) is 51.0. The Balaban J connectivity index is 0.000000133. The summed E-state index contributed by atoms with van der Waals surface area (Å²) in [5.41, 5.74) is 11.1. The molecule has 150 heavy (non-hydrogen) atoms. The summed E-state index contributed by atoms with van der Waals surface area (Å²) < 4.78 is 41.7. The molecule has 10 aromatic carbocycles. The summed E-state index contributed by atoms with van der Waals surface area (Å²) >= 11 is 12.1. The van der Waals surface area contributed by atoms with Gasteiger partial charge in [0.05, 0.1) is 28.8 Å². The third-order valence-electron chi connectivity index (χ3n) is 20.2. The Morgan fingerprint density at radius 2 is 0.427 bits per heavy atom. The normalized spacial score (nSPS) is 10.6. The van der Waals surface area contributed by atoms with Gasteiger partial charge in [0.25, 0.3) is 0 Å². The molecule has 20 aromatic rings. The van der Waals surface area contributed by atoms with Gasteiger partial charge in [0, 0.05) is 123 Å². The van der Waals surface area contributed by atoms with E-state index in [1.165, 1.54) is 87.6 Å². The second kappa shape index (κ2) is 54.2. The van der Waals surface area contributed by atoms with Crippen LogP contribution in [-0.2, 0) is 24.0 Å². The minimum atomic E-state index is -0.323. The third-order valence-corrected chi connectivity index (χ3v) is 24.7. The number of carbonyl (C=O) groups excluding carboxylic acids is 5. The van der Waals surface area contributed by atoms with Crippen LogP contribution in [0.3, 0.4) is 0 Å². The number of aromatic amines is 5. The van der Waals surface area contributed by atoms with Crippen molar-refractivity contribution in [3.8, 4) is 114 Å². The molecule has 42 heteroatoms. The molecule has 0 saturated carbocycles. The number of H-pyrrole nitrogens is 5. The summed E-state index contributed by atoms with van der Waals surface area (Å²) in [4.78, 5) is 103. The number of aromatic nitrogens is 20. The number of carbonyl (C=O) groups is 5. The highest BCUT2D eigenvalue weighted by atomic mass is 35.5. The second-order valence-corrected chi connectivity index (χ2v) is 36.9. The highest BCUT2D eigenvalue weighted by Gasteiger charge is 2.19. The number of ether oxygens (including phenoxy) is 5. The first kappa shape index (κ1) is 105. The lowest BCUT2D eigenvalue weighted by atomic mass is 10.2. The molecule has 35 nitrogen and oxygen atoms in total. The molecule has 0 saturated heterocycles. The van der Waals surface area contributed by atoms with Crippen molar-refractivity contribution in [1.29, 1.82) is 0 Å². The molecule has 0 bridgehead atoms. The first-order valence-electron chi connectivity index (χ1n) is 45.7. The molecule has 10 heterocycles. The van der Waals surface area contributed by atoms with E-state index in [1.807, 2.05) is 191 Å². The van der Waals surface area contributed by atoms with E-state index in [2.05, 4.69) is 127 Å². The number of benzene rings is 10. The minimum Gasteiger partial charge on any atom is -0.457 e. The fraction of sp³-hybridized carbons (Fsp3) is 0.0741. The van der Waals surface area contributed by atoms with E-state index in [4.69, 9.17) is 35.3 Å². The monoisotopic (exact) mass is 2110 g/mol. The van der Waals surface area contributed by atoms with Crippen LogP contribution in [0.25, 0.3) is 56.9 Å². The molecule has 0 unspecified atom stereocenters. The van der Waals surface area contributed by atoms with E-state index in [1.54, 1.807) is 183 Å². The Morgan fingerprint density at radius 3 is 0.607 bits per heavy atom. The maximum Gasteiger partial charge on any atom is 0.234 e. The summed E-state index contributed by atoms with van der Waals surface area (Å²) in [7, 11) is 0. The number of anilines is 5. The van der Waals surface area contributed by atoms with Crippen LogP contribution in [0, 0.1) is 26.6 Å². The highest BCUT2D eigenvalue weighted by Crippen LogP contribution is 2.33. The van der Waals surface area contributed by atoms with E-state index >= 15 is 0 Å². The van der Waals surface area contributed by atoms with Gasteiger partial charge in [-0.15, -0.1) is 25.5 Å². The van der Waals surface area contributed by atoms with Crippen LogP contribution in [0.15, 0.2) is 391 Å². The van der Waals surface area contributed by atoms with Crippen LogP contribution in [0.1, 0.15) is 16.7 Å². The molecule has 0 fully saturated rings. The van der Waals surface area contributed by atoms with Gasteiger partial charge in [0.1, 0.15) is 63.3 Å². The van der Waals surface area contributed by atoms with E-state index in [9.17, 15) is 28.4 Å². The summed E-state index contributed by atoms with van der Waals surface area (Å²) in [6, 6.07) is 90.7. The van der Waals surface area contributed by atoms with Gasteiger partial charge in [-0.25, -0.2) is 29.3 Å². The fourth-order valence-corrected chi connectivity index (χ4v) is 16.0. The van der Waals surface area contributed by atoms with Gasteiger partial charge in [0.2, 0.25) is 55.3 Å². The summed E-state index contributed by atoms with van der Waals surface area (Å²) in [6.45, 7) is 6.09. The van der Waals surface area contributed by atoms with E-state index in [0.717, 1.165) is 45.1 Å². The summed E-state index contributed by atoms with van der Waals surface area (Å²) in [6.07, 6.45) is 16.9. The Hall–Kier alpha value is -18.0. The predicted octanol–water partition coefficient (Wildman–Crippen LogP) is 23.7. The predicted molar refractivity (Wildman–Crippen MR) is 579 cm³/mol. The number of nitrogens with one attached hydrogen (secondary N) is 10. The zero-order chi connectivity index (χ0) is 104. The van der Waals surface area contributed by atoms with Crippen molar-refractivity contribution >= 4 is 128 Å². The van der Waals surface area contributed by atoms with Gasteiger partial charge in [-0.05, 0) is 288 Å². The van der Waals surface area contributed by atoms with Crippen molar-refractivity contribution < 1.29 is 52.0 Å². The number of hydrogen-bond donors (Lipinski definition) is 10. The molecule has 20 rings (SSSR count). The van der Waals surface area contributed by atoms with E-state index in [-0.39, 0.29) is 64.1 Å². The number of nitrogens with zero attached hydrogens (tertiary/aromatic N) is 15. The standard InChI is InChI=1S/3C22H19N5O2S.C21H16ClN5O2S.C21H16FN5O2S/c3*1-15-4-8-18(9-5-15)29-19-10-6-17(7-11-19)24-20(28)14-30-22-25-21(26-27-22)16-3-2-12-23-13-16;2*22-15-3-7-17(8-4-15)29-18-9-5-16(6-10-18)24-19(28)13-30-21-25-20(26-27-21)14-2-1-11-23-12-14/h3*2-13H,14H2,1H3,(H,24,28)(H,25,26,27);2*1-12H,13H2,(H,24,28)(H,25,26,27). The van der Waals surface area contributed by atoms with Crippen LogP contribution in [-0.4, -0.2) is 159 Å². The maximum atomic E-state index is 12.9. The molecule has 0 aliphatic heterocycles. The topological polar surface area (TPSA) is 464 Å². The Morgan fingerprint density at radius 1 is 0.253 bits per heavy atom. The number of amides is 5. The second-order valence-electron chi connectivity index (χ2n) is 31.7. The first-order chi connectivity index (χ1) is 73.3. The molecule has 10 N–H and O–H groups in total. The van der Waals surface area contributed by atoms with Crippen molar-refractivity contribution in [2.24, 2.45) is 0 Å². The molecular formula is C108H89ClFN25O10S5. The average Bonchev–Trinajstić information content (AvgIpc) is 1.69. The Kier molecular flexibility index (Phi) is 37.9. The van der Waals surface area contributed by atoms with Crippen LogP contribution < -0.4 is 50.3 Å². The molecule has 0 radical (unpaired) electrons. The van der Waals surface area contributed by atoms with Crippen molar-refractivity contribution in [1.82, 2.24) is 101 Å². The van der Waals surface area contributed by atoms with Crippen LogP contribution in [0.5, 0.6) is 57.5 Å². The van der Waals surface area contributed by atoms with Crippen molar-refractivity contribution in [2.45, 2.75) is 46.6 Å². The zero-order valence-electron chi connectivity index (χ0n) is 79.8. The lowest BCUT2D eigenvalue weighted by Crippen LogP contribution is -2.14. The molecule has 0 aliphatic carbocycles. The van der Waals surface area contributed by atoms with Crippen LogP contribution in [0.4, 0.5) is 32.8 Å². The van der Waals surface area contributed by atoms with Gasteiger partial charge in [-0.3, -0.25) is 74.4 Å². The summed E-state index contributed by atoms with van der Waals surface area (Å²) in [5.74, 6) is 9.83. The molecule has 0 spiro atoms. The average molecular weight is 2110 g/mol. The van der Waals surface area contributed by atoms with Crippen LogP contribution >= 0.6 is 70.4 Å². The smallest absolute Gasteiger partial charge is 0.234 e. The summed E-state index contributed by atoms with van der Waals surface area (Å²) in [5, 5.41) is 52.2. The van der Waals surface area contributed by atoms with Gasteiger partial charge in [-0.1, -0.05) is 123 Å².